The van der Waals surface area contributed by atoms with Gasteiger partial charge in [0.15, 0.2) is 0 Å². The van der Waals surface area contributed by atoms with Crippen LogP contribution in [0.4, 0.5) is 17.1 Å². The Morgan fingerprint density at radius 1 is 0.230 bits per heavy atom. The predicted octanol–water partition coefficient (Wildman–Crippen LogP) is 20.5. The molecule has 0 saturated heterocycles. The third kappa shape index (κ3) is 7.52. The Morgan fingerprint density at radius 2 is 0.703 bits per heavy atom. The van der Waals surface area contributed by atoms with Crippen LogP contribution in [-0.4, -0.2) is 0 Å². The molecule has 2 nitrogen and oxygen atoms in total. The predicted molar refractivity (Wildman–Crippen MR) is 314 cm³/mol. The molecule has 0 saturated carbocycles. The third-order valence-electron chi connectivity index (χ3n) is 14.9. The number of hydrogen-bond acceptors (Lipinski definition) is 2. The van der Waals surface area contributed by atoms with Gasteiger partial charge in [-0.1, -0.05) is 237 Å². The van der Waals surface area contributed by atoms with E-state index >= 15 is 0 Å². The maximum Gasteiger partial charge on any atom is 0.143 e. The first kappa shape index (κ1) is 43.1. The number of para-hydroxylation sites is 2. The van der Waals surface area contributed by atoms with Gasteiger partial charge in [-0.2, -0.15) is 0 Å². The highest BCUT2D eigenvalue weighted by Crippen LogP contribution is 2.47. The standard InChI is InChI=1S/C72H47NO/c1-3-18-52(19-4-1)70-66-30-10-9-28-63(66)64-44-41-55(47-68(64)71(70)53-20-5-2-6-21-53)54-23-13-25-58(45-54)73(59-26-14-24-56(46-59)62-32-16-33-67-65-29-11-12-34-69(65)74-72(62)67)57-42-39-49(40-43-57)48-35-37-51(38-36-48)61-31-15-22-50-17-7-8-27-60(50)61/h1-47H. The van der Waals surface area contributed by atoms with Gasteiger partial charge in [0.05, 0.1) is 0 Å². The molecule has 0 radical (unpaired) electrons. The summed E-state index contributed by atoms with van der Waals surface area (Å²) in [5.74, 6) is 0. The minimum atomic E-state index is 0.891. The van der Waals surface area contributed by atoms with Crippen molar-refractivity contribution in [1.29, 1.82) is 0 Å². The second kappa shape index (κ2) is 18.1. The van der Waals surface area contributed by atoms with E-state index in [0.717, 1.165) is 66.8 Å². The molecular weight excluding hydrogens is 895 g/mol. The lowest BCUT2D eigenvalue weighted by Gasteiger charge is -2.27. The third-order valence-corrected chi connectivity index (χ3v) is 14.9. The Hall–Kier alpha value is -9.76. The maximum absolute atomic E-state index is 6.59. The smallest absolute Gasteiger partial charge is 0.143 e. The molecule has 13 aromatic carbocycles. The van der Waals surface area contributed by atoms with Crippen molar-refractivity contribution in [3.05, 3.63) is 285 Å². The molecule has 14 rings (SSSR count). The Labute approximate surface area is 430 Å². The molecule has 74 heavy (non-hydrogen) atoms. The van der Waals surface area contributed by atoms with Crippen molar-refractivity contribution in [2.75, 3.05) is 4.90 Å². The SMILES string of the molecule is c1ccc(-c2c(-c3ccccc3)c3cc(-c4cccc(N(c5ccc(-c6ccc(-c7cccc8ccccc78)cc6)cc5)c5cccc(-c6cccc7c6oc6ccccc67)c5)c4)ccc3c3ccccc23)cc1. The van der Waals surface area contributed by atoms with Gasteiger partial charge in [0.1, 0.15) is 11.2 Å². The van der Waals surface area contributed by atoms with Gasteiger partial charge >= 0.3 is 0 Å². The summed E-state index contributed by atoms with van der Waals surface area (Å²) < 4.78 is 6.59. The van der Waals surface area contributed by atoms with Gasteiger partial charge in [0.25, 0.3) is 0 Å². The largest absolute Gasteiger partial charge is 0.455 e. The molecule has 0 spiro atoms. The van der Waals surface area contributed by atoms with E-state index in [1.54, 1.807) is 0 Å². The van der Waals surface area contributed by atoms with Crippen molar-refractivity contribution in [2.24, 2.45) is 0 Å². The number of fused-ring (bicyclic) bond motifs is 7. The number of anilines is 3. The fourth-order valence-electron chi connectivity index (χ4n) is 11.4. The monoisotopic (exact) mass is 941 g/mol. The summed E-state index contributed by atoms with van der Waals surface area (Å²) in [5, 5.41) is 9.70. The van der Waals surface area contributed by atoms with Crippen LogP contribution in [-0.2, 0) is 0 Å². The summed E-state index contributed by atoms with van der Waals surface area (Å²) >= 11 is 0. The van der Waals surface area contributed by atoms with E-state index in [0.29, 0.717) is 0 Å². The van der Waals surface area contributed by atoms with E-state index in [4.69, 9.17) is 4.42 Å². The van der Waals surface area contributed by atoms with Crippen molar-refractivity contribution in [3.63, 3.8) is 0 Å². The second-order valence-corrected chi connectivity index (χ2v) is 19.2. The van der Waals surface area contributed by atoms with Crippen LogP contribution in [0.1, 0.15) is 0 Å². The minimum absolute atomic E-state index is 0.891. The number of hydrogen-bond donors (Lipinski definition) is 0. The molecule has 0 aliphatic heterocycles. The molecule has 0 N–H and O–H groups in total. The van der Waals surface area contributed by atoms with Crippen molar-refractivity contribution in [2.45, 2.75) is 0 Å². The van der Waals surface area contributed by atoms with E-state index in [-0.39, 0.29) is 0 Å². The van der Waals surface area contributed by atoms with Crippen molar-refractivity contribution in [1.82, 2.24) is 0 Å². The Bertz CT molecular complexity index is 4390. The molecule has 1 heterocycles. The molecule has 14 aromatic rings. The lowest BCUT2D eigenvalue weighted by molar-refractivity contribution is 0.670. The van der Waals surface area contributed by atoms with Crippen molar-refractivity contribution >= 4 is 71.3 Å². The normalized spacial score (nSPS) is 11.5. The Morgan fingerprint density at radius 3 is 1.45 bits per heavy atom. The van der Waals surface area contributed by atoms with Crippen LogP contribution in [0.2, 0.25) is 0 Å². The zero-order chi connectivity index (χ0) is 49.0. The molecule has 0 fully saturated rings. The first-order chi connectivity index (χ1) is 36.7. The van der Waals surface area contributed by atoms with Crippen molar-refractivity contribution in [3.8, 4) is 66.8 Å². The molecule has 0 unspecified atom stereocenters. The molecule has 2 heteroatoms. The molecule has 0 atom stereocenters. The lowest BCUT2D eigenvalue weighted by atomic mass is 9.84. The average molecular weight is 942 g/mol. The summed E-state index contributed by atoms with van der Waals surface area (Å²) in [6.07, 6.45) is 0. The van der Waals surface area contributed by atoms with Crippen LogP contribution in [0.25, 0.3) is 121 Å². The van der Waals surface area contributed by atoms with E-state index in [9.17, 15) is 0 Å². The van der Waals surface area contributed by atoms with Crippen molar-refractivity contribution < 1.29 is 4.42 Å². The summed E-state index contributed by atoms with van der Waals surface area (Å²) in [7, 11) is 0. The highest BCUT2D eigenvalue weighted by Gasteiger charge is 2.21. The maximum atomic E-state index is 6.59. The topological polar surface area (TPSA) is 16.4 Å². The molecule has 0 aliphatic carbocycles. The van der Waals surface area contributed by atoms with Crippen LogP contribution >= 0.6 is 0 Å². The van der Waals surface area contributed by atoms with Crippen LogP contribution in [0.15, 0.2) is 290 Å². The molecule has 0 amide bonds. The van der Waals surface area contributed by atoms with Gasteiger partial charge in [0.2, 0.25) is 0 Å². The Kier molecular flexibility index (Phi) is 10.6. The Balaban J connectivity index is 0.905. The van der Waals surface area contributed by atoms with E-state index in [2.05, 4.69) is 284 Å². The highest BCUT2D eigenvalue weighted by molar-refractivity contribution is 6.22. The fourth-order valence-corrected chi connectivity index (χ4v) is 11.4. The van der Waals surface area contributed by atoms with E-state index < -0.39 is 0 Å². The van der Waals surface area contributed by atoms with Gasteiger partial charge < -0.3 is 9.32 Å². The van der Waals surface area contributed by atoms with Gasteiger partial charge in [-0.25, -0.2) is 0 Å². The number of nitrogens with zero attached hydrogens (tertiary/aromatic N) is 1. The first-order valence-electron chi connectivity index (χ1n) is 25.4. The highest BCUT2D eigenvalue weighted by atomic mass is 16.3. The van der Waals surface area contributed by atoms with Gasteiger partial charge in [-0.15, -0.1) is 0 Å². The van der Waals surface area contributed by atoms with E-state index in [1.807, 2.05) is 6.07 Å². The summed E-state index contributed by atoms with van der Waals surface area (Å²) in [6.45, 7) is 0. The number of furan rings is 1. The van der Waals surface area contributed by atoms with Gasteiger partial charge in [0, 0.05) is 33.4 Å². The average Bonchev–Trinajstić information content (AvgIpc) is 3.87. The molecule has 0 aliphatic rings. The van der Waals surface area contributed by atoms with Crippen LogP contribution in [0, 0.1) is 0 Å². The zero-order valence-electron chi connectivity index (χ0n) is 40.5. The quantitative estimate of drug-likeness (QED) is 0.134. The molecular formula is C72H47NO. The zero-order valence-corrected chi connectivity index (χ0v) is 40.5. The first-order valence-corrected chi connectivity index (χ1v) is 25.4. The van der Waals surface area contributed by atoms with Crippen LogP contribution < -0.4 is 4.90 Å². The summed E-state index contributed by atoms with van der Waals surface area (Å²) in [6, 6.07) is 103. The number of benzene rings is 13. The molecule has 1 aromatic heterocycles. The molecule has 346 valence electrons. The van der Waals surface area contributed by atoms with E-state index in [1.165, 1.54) is 71.3 Å². The lowest BCUT2D eigenvalue weighted by Crippen LogP contribution is -2.10. The molecule has 0 bridgehead atoms. The summed E-state index contributed by atoms with van der Waals surface area (Å²) in [4.78, 5) is 2.39. The number of rotatable bonds is 9. The minimum Gasteiger partial charge on any atom is -0.455 e. The van der Waals surface area contributed by atoms with Gasteiger partial charge in [-0.05, 0) is 142 Å². The fraction of sp³-hybridized carbons (Fsp3) is 0. The van der Waals surface area contributed by atoms with Gasteiger partial charge in [-0.3, -0.25) is 0 Å². The summed E-state index contributed by atoms with van der Waals surface area (Å²) in [5.41, 5.74) is 19.0. The van der Waals surface area contributed by atoms with Crippen LogP contribution in [0.5, 0.6) is 0 Å². The second-order valence-electron chi connectivity index (χ2n) is 19.2. The van der Waals surface area contributed by atoms with Crippen LogP contribution in [0.3, 0.4) is 0 Å².